The molecule has 178 valence electrons. The Bertz CT molecular complexity index is 849. The van der Waals surface area contributed by atoms with E-state index in [1.165, 1.54) is 7.11 Å². The monoisotopic (exact) mass is 452 g/mol. The normalized spacial score (nSPS) is 28.8. The highest BCUT2D eigenvalue weighted by molar-refractivity contribution is 5.94. The molecule has 3 rings (SSSR count). The Morgan fingerprint density at radius 3 is 2.62 bits per heavy atom. The predicted octanol–water partition coefficient (Wildman–Crippen LogP) is 3.19. The highest BCUT2D eigenvalue weighted by atomic mass is 16.8. The van der Waals surface area contributed by atoms with Gasteiger partial charge in [-0.2, -0.15) is 0 Å². The molecule has 8 heteroatoms. The van der Waals surface area contributed by atoms with Crippen molar-refractivity contribution < 1.29 is 37.4 Å². The van der Waals surface area contributed by atoms with Gasteiger partial charge in [0.25, 0.3) is 5.91 Å². The van der Waals surface area contributed by atoms with Crippen LogP contribution in [-0.4, -0.2) is 62.0 Å². The van der Waals surface area contributed by atoms with Gasteiger partial charge in [-0.15, -0.1) is 0 Å². The highest BCUT2D eigenvalue weighted by Gasteiger charge is 2.55. The van der Waals surface area contributed by atoms with Crippen LogP contribution in [0.2, 0.25) is 0 Å². The Morgan fingerprint density at radius 2 is 1.91 bits per heavy atom. The molecule has 0 radical (unpaired) electrons. The van der Waals surface area contributed by atoms with Gasteiger partial charge >= 0.3 is 5.97 Å². The van der Waals surface area contributed by atoms with Gasteiger partial charge in [0, 0.05) is 29.2 Å². The number of amides is 1. The van der Waals surface area contributed by atoms with E-state index < -0.39 is 37.0 Å². The number of nitrogens with one attached hydrogen (secondary N) is 1. The molecule has 2 aliphatic rings. The van der Waals surface area contributed by atoms with Crippen LogP contribution in [0.3, 0.4) is 0 Å². The van der Waals surface area contributed by atoms with Gasteiger partial charge in [0.2, 0.25) is 0 Å². The van der Waals surface area contributed by atoms with E-state index in [1.54, 1.807) is 30.3 Å². The van der Waals surface area contributed by atoms with Crippen LogP contribution in [0.5, 0.6) is 0 Å². The number of carbonyl (C=O) groups is 2. The van der Waals surface area contributed by atoms with E-state index in [2.05, 4.69) is 5.32 Å². The lowest BCUT2D eigenvalue weighted by molar-refractivity contribution is -0.231. The van der Waals surface area contributed by atoms with E-state index in [0.717, 1.165) is 0 Å². The third-order valence-electron chi connectivity index (χ3n) is 5.46. The minimum Gasteiger partial charge on any atom is -0.463 e. The van der Waals surface area contributed by atoms with Crippen LogP contribution in [0, 0.1) is 0 Å². The number of esters is 1. The molecule has 0 spiro atoms. The summed E-state index contributed by atoms with van der Waals surface area (Å²) in [5.41, 5.74) is 0.414. The first-order valence-electron chi connectivity index (χ1n) is 12.6. The minimum absolute atomic E-state index is 0.0337. The Balaban J connectivity index is 1.36. The molecule has 1 aromatic rings. The lowest BCUT2D eigenvalue weighted by Crippen LogP contribution is -2.33. The molecule has 1 N–H and O–H groups in total. The maximum Gasteiger partial charge on any atom is 0.305 e. The summed E-state index contributed by atoms with van der Waals surface area (Å²) in [6, 6.07) is 7.55. The number of rotatable bonds is 11. The van der Waals surface area contributed by atoms with Gasteiger partial charge in [-0.3, -0.25) is 9.59 Å². The summed E-state index contributed by atoms with van der Waals surface area (Å²) in [7, 11) is 1.52. The number of fused-ring (bicyclic) bond motifs is 1. The molecule has 1 amide bonds. The Hall–Kier alpha value is -2.00. The van der Waals surface area contributed by atoms with Crippen molar-refractivity contribution in [1.29, 1.82) is 0 Å². The molecule has 2 heterocycles. The summed E-state index contributed by atoms with van der Waals surface area (Å²) in [6.07, 6.45) is 0.382. The average molecular weight is 453 g/mol. The largest absolute Gasteiger partial charge is 0.463 e. The van der Waals surface area contributed by atoms with Crippen molar-refractivity contribution in [3.63, 3.8) is 0 Å². The molecule has 2 aliphatic heterocycles. The van der Waals surface area contributed by atoms with Gasteiger partial charge in [-0.1, -0.05) is 31.0 Å². The fourth-order valence-corrected chi connectivity index (χ4v) is 3.91. The first kappa shape index (κ1) is 20.6. The molecular weight excluding hydrogens is 414 g/mol. The number of ether oxygens (including phenoxy) is 5. The van der Waals surface area contributed by atoms with E-state index >= 15 is 0 Å². The number of hydrogen-bond acceptors (Lipinski definition) is 7. The van der Waals surface area contributed by atoms with Gasteiger partial charge < -0.3 is 29.0 Å². The van der Waals surface area contributed by atoms with Crippen LogP contribution in [0.1, 0.15) is 67.3 Å². The number of carbonyl (C=O) groups excluding carboxylic acids is 2. The molecule has 0 unspecified atom stereocenters. The summed E-state index contributed by atoms with van der Waals surface area (Å²) in [5, 5.41) is 2.62. The second-order valence-electron chi connectivity index (χ2n) is 8.52. The molecule has 0 aliphatic carbocycles. The van der Waals surface area contributed by atoms with Crippen molar-refractivity contribution in [3.05, 3.63) is 35.9 Å². The molecule has 0 saturated carbocycles. The lowest BCUT2D eigenvalue weighted by atomic mass is 10.1. The van der Waals surface area contributed by atoms with E-state index in [-0.39, 0.29) is 37.6 Å². The summed E-state index contributed by atoms with van der Waals surface area (Å²) in [5.74, 6) is -1.54. The van der Waals surface area contributed by atoms with E-state index in [9.17, 15) is 9.59 Å². The van der Waals surface area contributed by atoms with E-state index in [0.29, 0.717) is 24.8 Å². The topological polar surface area (TPSA) is 92.3 Å². The van der Waals surface area contributed by atoms with Crippen molar-refractivity contribution in [2.45, 2.75) is 89.2 Å². The molecule has 2 saturated heterocycles. The first-order chi connectivity index (χ1) is 16.5. The summed E-state index contributed by atoms with van der Waals surface area (Å²) < 4.78 is 51.3. The zero-order valence-corrected chi connectivity index (χ0v) is 18.9. The third-order valence-corrected chi connectivity index (χ3v) is 5.46. The quantitative estimate of drug-likeness (QED) is 0.407. The molecule has 2 fully saturated rings. The van der Waals surface area contributed by atoms with Crippen LogP contribution >= 0.6 is 0 Å². The van der Waals surface area contributed by atoms with Crippen LogP contribution in [0.15, 0.2) is 30.3 Å². The molecule has 8 nitrogen and oxygen atoms in total. The number of benzene rings is 1. The Labute approximate surface area is 194 Å². The van der Waals surface area contributed by atoms with E-state index in [4.69, 9.17) is 27.8 Å². The van der Waals surface area contributed by atoms with Crippen molar-refractivity contribution in [2.24, 2.45) is 0 Å². The van der Waals surface area contributed by atoms with Crippen molar-refractivity contribution in [3.8, 4) is 0 Å². The van der Waals surface area contributed by atoms with Crippen LogP contribution in [0.25, 0.3) is 0 Å². The molecule has 1 aromatic carbocycles. The van der Waals surface area contributed by atoms with Crippen molar-refractivity contribution >= 4 is 11.9 Å². The average Bonchev–Trinajstić information content (AvgIpc) is 3.28. The SMILES string of the molecule is [2H]C([2H])([2H])[C@H](CCCCCC(=O)OC[C@H]1O[C@@H](OC)[C@@H]2OC(C)(C)O[C@@H]21)NC(=O)c1ccccc1. The van der Waals surface area contributed by atoms with Gasteiger partial charge in [0.1, 0.15) is 24.9 Å². The Morgan fingerprint density at radius 1 is 1.16 bits per heavy atom. The summed E-state index contributed by atoms with van der Waals surface area (Å²) >= 11 is 0. The maximum atomic E-state index is 12.3. The third kappa shape index (κ3) is 6.75. The second-order valence-corrected chi connectivity index (χ2v) is 8.52. The van der Waals surface area contributed by atoms with Gasteiger partial charge in [-0.05, 0) is 45.7 Å². The fraction of sp³-hybridized carbons (Fsp3) is 0.667. The highest BCUT2D eigenvalue weighted by Crippen LogP contribution is 2.38. The Kier molecular flexibility index (Phi) is 7.23. The number of hydrogen-bond donors (Lipinski definition) is 1. The number of methoxy groups -OCH3 is 1. The van der Waals surface area contributed by atoms with Gasteiger partial charge in [0.05, 0.1) is 0 Å². The van der Waals surface area contributed by atoms with Crippen LogP contribution in [0.4, 0.5) is 0 Å². The van der Waals surface area contributed by atoms with E-state index in [1.807, 2.05) is 13.8 Å². The summed E-state index contributed by atoms with van der Waals surface area (Å²) in [6.45, 7) is 1.34. The van der Waals surface area contributed by atoms with Gasteiger partial charge in [-0.25, -0.2) is 0 Å². The smallest absolute Gasteiger partial charge is 0.305 e. The lowest BCUT2D eigenvalue weighted by Gasteiger charge is -2.23. The maximum absolute atomic E-state index is 12.3. The predicted molar refractivity (Wildman–Crippen MR) is 117 cm³/mol. The standard InChI is InChI=1S/C24H35NO7/c1-16(25-22(27)17-12-8-6-9-13-17)11-7-5-10-14-19(26)29-15-18-20-21(23(28-4)30-18)32-24(2,3)31-20/h6,8-9,12-13,16,18,20-21,23H,5,7,10-11,14-15H2,1-4H3,(H,25,27)/t16-,18-,20-,21-,23-/m1/s1/i1D3. The molecule has 0 bridgehead atoms. The van der Waals surface area contributed by atoms with Crippen LogP contribution in [-0.2, 0) is 28.5 Å². The fourth-order valence-electron chi connectivity index (χ4n) is 3.91. The molecule has 0 aromatic heterocycles. The van der Waals surface area contributed by atoms with Gasteiger partial charge in [0.15, 0.2) is 12.1 Å². The zero-order chi connectivity index (χ0) is 25.6. The van der Waals surface area contributed by atoms with Crippen molar-refractivity contribution in [2.75, 3.05) is 13.7 Å². The molecular formula is C24H35NO7. The zero-order valence-electron chi connectivity index (χ0n) is 21.9. The van der Waals surface area contributed by atoms with Crippen molar-refractivity contribution in [1.82, 2.24) is 5.32 Å². The molecule has 5 atom stereocenters. The first-order valence-corrected chi connectivity index (χ1v) is 11.1. The molecule has 32 heavy (non-hydrogen) atoms. The number of unbranched alkanes of at least 4 members (excludes halogenated alkanes) is 2. The van der Waals surface area contributed by atoms with Crippen LogP contribution < -0.4 is 5.32 Å². The summed E-state index contributed by atoms with van der Waals surface area (Å²) in [4.78, 5) is 24.5. The minimum atomic E-state index is -2.32. The second kappa shape index (κ2) is 11.2.